The number of nitrogens with one attached hydrogen (secondary N) is 1. The van der Waals surface area contributed by atoms with Crippen molar-refractivity contribution < 1.29 is 9.21 Å². The molecule has 3 aromatic heterocycles. The lowest BCUT2D eigenvalue weighted by molar-refractivity contribution is 0.101. The van der Waals surface area contributed by atoms with Crippen LogP contribution in [0, 0.1) is 5.92 Å². The van der Waals surface area contributed by atoms with Crippen LogP contribution in [-0.2, 0) is 13.0 Å². The normalized spacial score (nSPS) is 11.4. The summed E-state index contributed by atoms with van der Waals surface area (Å²) in [5.41, 5.74) is 3.23. The second kappa shape index (κ2) is 7.36. The van der Waals surface area contributed by atoms with Crippen LogP contribution >= 0.6 is 11.3 Å². The van der Waals surface area contributed by atoms with Gasteiger partial charge in [-0.3, -0.25) is 10.1 Å². The van der Waals surface area contributed by atoms with Crippen molar-refractivity contribution in [2.75, 3.05) is 5.32 Å². The van der Waals surface area contributed by atoms with Gasteiger partial charge in [-0.2, -0.15) is 0 Å². The average Bonchev–Trinajstić information content (AvgIpc) is 3.33. The fraction of sp³-hybridized carbons (Fsp3) is 0.250. The highest BCUT2D eigenvalue weighted by Gasteiger charge is 2.19. The average molecular weight is 380 g/mol. The van der Waals surface area contributed by atoms with Crippen molar-refractivity contribution in [1.82, 2.24) is 14.8 Å². The molecule has 0 atom stereocenters. The fourth-order valence-corrected chi connectivity index (χ4v) is 3.95. The van der Waals surface area contributed by atoms with Gasteiger partial charge < -0.3 is 8.98 Å². The number of carbonyl (C=O) groups is 1. The van der Waals surface area contributed by atoms with Crippen LogP contribution in [0.3, 0.4) is 0 Å². The minimum Gasteiger partial charge on any atom is -0.463 e. The number of carbonyl (C=O) groups excluding carboxylic acids is 1. The first kappa shape index (κ1) is 17.5. The molecule has 0 aliphatic rings. The minimum absolute atomic E-state index is 0.218. The van der Waals surface area contributed by atoms with Crippen molar-refractivity contribution in [2.24, 2.45) is 5.92 Å². The number of fused-ring (bicyclic) bond motifs is 1. The number of hydrogen-bond acceptors (Lipinski definition) is 5. The molecule has 138 valence electrons. The molecule has 1 aromatic carbocycles. The molecular weight excluding hydrogens is 360 g/mol. The van der Waals surface area contributed by atoms with Gasteiger partial charge in [0.1, 0.15) is 10.7 Å². The van der Waals surface area contributed by atoms with E-state index in [-0.39, 0.29) is 5.91 Å². The summed E-state index contributed by atoms with van der Waals surface area (Å²) in [7, 11) is 0. The van der Waals surface area contributed by atoms with Gasteiger partial charge in [0.25, 0.3) is 5.91 Å². The molecular formula is C20H20N4O2S. The monoisotopic (exact) mass is 380 g/mol. The number of rotatable bonds is 6. The fourth-order valence-electron chi connectivity index (χ4n) is 3.00. The number of aromatic nitrogens is 3. The van der Waals surface area contributed by atoms with E-state index in [1.54, 1.807) is 12.3 Å². The maximum absolute atomic E-state index is 12.9. The predicted octanol–water partition coefficient (Wildman–Crippen LogP) is 4.58. The third-order valence-corrected chi connectivity index (χ3v) is 5.07. The maximum Gasteiger partial charge on any atom is 0.274 e. The molecule has 0 saturated carbocycles. The molecule has 6 nitrogen and oxygen atoms in total. The zero-order valence-electron chi connectivity index (χ0n) is 15.2. The van der Waals surface area contributed by atoms with Gasteiger partial charge in [-0.25, -0.2) is 0 Å². The lowest BCUT2D eigenvalue weighted by Gasteiger charge is -2.09. The van der Waals surface area contributed by atoms with E-state index in [0.717, 1.165) is 22.5 Å². The highest BCUT2D eigenvalue weighted by atomic mass is 32.1. The molecule has 0 spiro atoms. The first-order chi connectivity index (χ1) is 13.1. The molecule has 0 radical (unpaired) electrons. The Morgan fingerprint density at radius 2 is 2.04 bits per heavy atom. The van der Waals surface area contributed by atoms with Crippen molar-refractivity contribution in [3.63, 3.8) is 0 Å². The van der Waals surface area contributed by atoms with E-state index in [0.29, 0.717) is 28.9 Å². The summed E-state index contributed by atoms with van der Waals surface area (Å²) < 4.78 is 7.46. The summed E-state index contributed by atoms with van der Waals surface area (Å²) in [5, 5.41) is 12.6. The van der Waals surface area contributed by atoms with E-state index in [2.05, 4.69) is 29.4 Å². The van der Waals surface area contributed by atoms with Crippen molar-refractivity contribution in [3.05, 3.63) is 65.0 Å². The van der Waals surface area contributed by atoms with Gasteiger partial charge in [-0.1, -0.05) is 55.5 Å². The molecule has 0 unspecified atom stereocenters. The number of hydrogen-bond donors (Lipinski definition) is 1. The smallest absolute Gasteiger partial charge is 0.274 e. The second-order valence-corrected chi connectivity index (χ2v) is 7.89. The summed E-state index contributed by atoms with van der Waals surface area (Å²) in [4.78, 5) is 12.9. The summed E-state index contributed by atoms with van der Waals surface area (Å²) in [6.45, 7) is 4.84. The van der Waals surface area contributed by atoms with Gasteiger partial charge in [-0.15, -0.1) is 10.2 Å². The molecule has 0 saturated heterocycles. The van der Waals surface area contributed by atoms with Gasteiger partial charge in [0, 0.05) is 25.1 Å². The predicted molar refractivity (Wildman–Crippen MR) is 106 cm³/mol. The van der Waals surface area contributed by atoms with Crippen molar-refractivity contribution in [3.8, 4) is 0 Å². The Balaban J connectivity index is 1.60. The van der Waals surface area contributed by atoms with Gasteiger partial charge in [-0.05, 0) is 11.5 Å². The first-order valence-corrected chi connectivity index (χ1v) is 9.66. The van der Waals surface area contributed by atoms with E-state index in [1.165, 1.54) is 11.3 Å². The Morgan fingerprint density at radius 3 is 2.81 bits per heavy atom. The zero-order chi connectivity index (χ0) is 18.8. The minimum atomic E-state index is -0.218. The number of furan rings is 1. The quantitative estimate of drug-likeness (QED) is 0.531. The van der Waals surface area contributed by atoms with E-state index in [9.17, 15) is 4.79 Å². The Kier molecular flexibility index (Phi) is 4.77. The topological polar surface area (TPSA) is 73.0 Å². The summed E-state index contributed by atoms with van der Waals surface area (Å²) in [5.74, 6) is 0.279. The highest BCUT2D eigenvalue weighted by molar-refractivity contribution is 7.15. The van der Waals surface area contributed by atoms with Crippen molar-refractivity contribution >= 4 is 33.5 Å². The number of anilines is 1. The van der Waals surface area contributed by atoms with Crippen LogP contribution in [0.2, 0.25) is 0 Å². The summed E-state index contributed by atoms with van der Waals surface area (Å²) in [6, 6.07) is 13.7. The Bertz CT molecular complexity index is 1060. The lowest BCUT2D eigenvalue weighted by Crippen LogP contribution is -2.17. The van der Waals surface area contributed by atoms with Gasteiger partial charge >= 0.3 is 0 Å². The van der Waals surface area contributed by atoms with Crippen molar-refractivity contribution in [2.45, 2.75) is 26.8 Å². The number of benzene rings is 1. The van der Waals surface area contributed by atoms with Crippen LogP contribution in [0.5, 0.6) is 0 Å². The van der Waals surface area contributed by atoms with Crippen LogP contribution in [0.15, 0.2) is 53.1 Å². The molecule has 0 aliphatic carbocycles. The van der Waals surface area contributed by atoms with Gasteiger partial charge in [0.2, 0.25) is 5.13 Å². The van der Waals surface area contributed by atoms with Crippen LogP contribution in [0.1, 0.15) is 34.9 Å². The van der Waals surface area contributed by atoms with E-state index in [4.69, 9.17) is 4.42 Å². The standard InChI is InChI=1S/C20H20N4O2S/c1-13(2)10-18-22-23-20(27-18)21-19(25)16-11-17-15(8-9-26-17)24(16)12-14-6-4-3-5-7-14/h3-9,11,13H,10,12H2,1-2H3,(H,21,23,25). The molecule has 0 fully saturated rings. The maximum atomic E-state index is 12.9. The molecule has 27 heavy (non-hydrogen) atoms. The molecule has 4 rings (SSSR count). The van der Waals surface area contributed by atoms with E-state index in [1.807, 2.05) is 41.0 Å². The molecule has 3 heterocycles. The van der Waals surface area contributed by atoms with E-state index >= 15 is 0 Å². The summed E-state index contributed by atoms with van der Waals surface area (Å²) >= 11 is 1.42. The highest BCUT2D eigenvalue weighted by Crippen LogP contribution is 2.24. The van der Waals surface area contributed by atoms with Crippen molar-refractivity contribution in [1.29, 1.82) is 0 Å². The lowest BCUT2D eigenvalue weighted by atomic mass is 10.1. The van der Waals surface area contributed by atoms with Crippen LogP contribution in [-0.4, -0.2) is 20.7 Å². The van der Waals surface area contributed by atoms with Gasteiger partial charge in [0.05, 0.1) is 11.8 Å². The van der Waals surface area contributed by atoms with Crippen LogP contribution in [0.25, 0.3) is 11.1 Å². The Morgan fingerprint density at radius 1 is 1.22 bits per heavy atom. The third-order valence-electron chi connectivity index (χ3n) is 4.21. The Labute approximate surface area is 160 Å². The second-order valence-electron chi connectivity index (χ2n) is 6.82. The molecule has 1 amide bonds. The zero-order valence-corrected chi connectivity index (χ0v) is 16.0. The molecule has 7 heteroatoms. The SMILES string of the molecule is CC(C)Cc1nnc(NC(=O)c2cc3occc3n2Cc2ccccc2)s1. The number of nitrogens with zero attached hydrogens (tertiary/aromatic N) is 3. The molecule has 0 bridgehead atoms. The summed E-state index contributed by atoms with van der Waals surface area (Å²) in [6.07, 6.45) is 2.49. The van der Waals surface area contributed by atoms with Gasteiger partial charge in [0.15, 0.2) is 5.58 Å². The van der Waals surface area contributed by atoms with Crippen LogP contribution in [0.4, 0.5) is 5.13 Å². The molecule has 4 aromatic rings. The largest absolute Gasteiger partial charge is 0.463 e. The first-order valence-electron chi connectivity index (χ1n) is 8.84. The number of amides is 1. The Hall–Kier alpha value is -2.93. The molecule has 0 aliphatic heterocycles. The molecule has 1 N–H and O–H groups in total. The van der Waals surface area contributed by atoms with E-state index < -0.39 is 0 Å². The third kappa shape index (κ3) is 3.78. The van der Waals surface area contributed by atoms with Crippen LogP contribution < -0.4 is 5.32 Å².